The molecule has 0 aliphatic rings. The van der Waals surface area contributed by atoms with Crippen molar-refractivity contribution in [1.82, 2.24) is 5.32 Å². The molecule has 0 heterocycles. The predicted molar refractivity (Wildman–Crippen MR) is 62.1 cm³/mol. The van der Waals surface area contributed by atoms with Crippen molar-refractivity contribution in [2.45, 2.75) is 25.9 Å². The van der Waals surface area contributed by atoms with Gasteiger partial charge < -0.3 is 10.4 Å². The van der Waals surface area contributed by atoms with Crippen LogP contribution in [-0.4, -0.2) is 17.8 Å². The van der Waals surface area contributed by atoms with Crippen LogP contribution in [0.2, 0.25) is 0 Å². The molecule has 0 aliphatic carbocycles. The maximum absolute atomic E-state index is 13.4. The summed E-state index contributed by atoms with van der Waals surface area (Å²) in [6, 6.07) is 5.21. The molecule has 0 spiro atoms. The molecule has 4 heteroatoms. The summed E-state index contributed by atoms with van der Waals surface area (Å²) in [6.45, 7) is 2.60. The van der Waals surface area contributed by atoms with Gasteiger partial charge in [-0.25, -0.2) is 4.39 Å². The molecule has 0 amide bonds. The lowest BCUT2D eigenvalue weighted by Crippen LogP contribution is -2.26. The van der Waals surface area contributed by atoms with Gasteiger partial charge in [0.1, 0.15) is 5.82 Å². The molecule has 0 aliphatic heterocycles. The van der Waals surface area contributed by atoms with Crippen LogP contribution >= 0.6 is 15.9 Å². The minimum absolute atomic E-state index is 0.150. The summed E-state index contributed by atoms with van der Waals surface area (Å²) in [5.41, 5.74) is 0.642. The van der Waals surface area contributed by atoms with E-state index in [-0.39, 0.29) is 18.5 Å². The van der Waals surface area contributed by atoms with E-state index < -0.39 is 0 Å². The highest BCUT2D eigenvalue weighted by Crippen LogP contribution is 2.15. The second-order valence-corrected chi connectivity index (χ2v) is 4.45. The highest BCUT2D eigenvalue weighted by atomic mass is 79.9. The zero-order valence-corrected chi connectivity index (χ0v) is 10.2. The van der Waals surface area contributed by atoms with E-state index in [1.165, 1.54) is 6.07 Å². The number of aliphatic hydroxyl groups excluding tert-OH is 1. The molecular weight excluding hydrogens is 261 g/mol. The van der Waals surface area contributed by atoms with Crippen molar-refractivity contribution >= 4 is 15.9 Å². The highest BCUT2D eigenvalue weighted by Gasteiger charge is 2.04. The van der Waals surface area contributed by atoms with E-state index in [1.54, 1.807) is 6.07 Å². The summed E-state index contributed by atoms with van der Waals surface area (Å²) in [7, 11) is 0. The van der Waals surface area contributed by atoms with Crippen molar-refractivity contribution in [3.63, 3.8) is 0 Å². The molecule has 1 atom stereocenters. The van der Waals surface area contributed by atoms with Crippen molar-refractivity contribution in [2.24, 2.45) is 0 Å². The third-order valence-electron chi connectivity index (χ3n) is 2.22. The van der Waals surface area contributed by atoms with Crippen LogP contribution in [0.5, 0.6) is 0 Å². The molecule has 84 valence electrons. The van der Waals surface area contributed by atoms with Gasteiger partial charge in [0.05, 0.1) is 0 Å². The molecule has 0 radical (unpaired) electrons. The first-order valence-electron chi connectivity index (χ1n) is 4.91. The Morgan fingerprint density at radius 1 is 1.53 bits per heavy atom. The molecule has 0 saturated carbocycles. The predicted octanol–water partition coefficient (Wildman–Crippen LogP) is 2.45. The molecule has 0 bridgehead atoms. The number of hydrogen-bond donors (Lipinski definition) is 2. The Balaban J connectivity index is 2.50. The third kappa shape index (κ3) is 4.28. The fraction of sp³-hybridized carbons (Fsp3) is 0.455. The Bertz CT molecular complexity index is 319. The quantitative estimate of drug-likeness (QED) is 0.865. The number of benzene rings is 1. The molecule has 0 saturated heterocycles. The van der Waals surface area contributed by atoms with Crippen LogP contribution in [0.25, 0.3) is 0 Å². The van der Waals surface area contributed by atoms with Gasteiger partial charge in [-0.05, 0) is 25.5 Å². The number of halogens is 2. The van der Waals surface area contributed by atoms with Gasteiger partial charge in [0.15, 0.2) is 0 Å². The Hall–Kier alpha value is -0.450. The van der Waals surface area contributed by atoms with Gasteiger partial charge in [-0.1, -0.05) is 22.0 Å². The Morgan fingerprint density at radius 3 is 2.87 bits per heavy atom. The maximum atomic E-state index is 13.4. The molecule has 2 N–H and O–H groups in total. The second kappa shape index (κ2) is 6.20. The average Bonchev–Trinajstić information content (AvgIpc) is 2.17. The van der Waals surface area contributed by atoms with Crippen LogP contribution < -0.4 is 5.32 Å². The number of hydrogen-bond acceptors (Lipinski definition) is 2. The van der Waals surface area contributed by atoms with Crippen molar-refractivity contribution in [2.75, 3.05) is 6.61 Å². The van der Waals surface area contributed by atoms with Crippen LogP contribution in [0.1, 0.15) is 18.9 Å². The minimum Gasteiger partial charge on any atom is -0.396 e. The molecule has 2 nitrogen and oxygen atoms in total. The normalized spacial score (nSPS) is 12.8. The van der Waals surface area contributed by atoms with E-state index in [0.717, 1.165) is 4.47 Å². The molecule has 1 aromatic rings. The average molecular weight is 276 g/mol. The standard InChI is InChI=1S/C11H15BrFNO/c1-8(4-5-15)14-7-9-2-3-10(12)6-11(9)13/h2-3,6,8,14-15H,4-5,7H2,1H3/t8-/m0/s1. The lowest BCUT2D eigenvalue weighted by atomic mass is 10.2. The lowest BCUT2D eigenvalue weighted by molar-refractivity contribution is 0.268. The number of rotatable bonds is 5. The van der Waals surface area contributed by atoms with E-state index in [0.29, 0.717) is 18.5 Å². The third-order valence-corrected chi connectivity index (χ3v) is 2.71. The van der Waals surface area contributed by atoms with Gasteiger partial charge >= 0.3 is 0 Å². The first-order valence-corrected chi connectivity index (χ1v) is 5.71. The van der Waals surface area contributed by atoms with Crippen molar-refractivity contribution in [1.29, 1.82) is 0 Å². The van der Waals surface area contributed by atoms with E-state index >= 15 is 0 Å². The molecule has 1 rings (SSSR count). The van der Waals surface area contributed by atoms with Crippen molar-refractivity contribution in [3.8, 4) is 0 Å². The molecule has 0 aromatic heterocycles. The Morgan fingerprint density at radius 2 is 2.27 bits per heavy atom. The lowest BCUT2D eigenvalue weighted by Gasteiger charge is -2.12. The summed E-state index contributed by atoms with van der Waals surface area (Å²) in [6.07, 6.45) is 0.679. The topological polar surface area (TPSA) is 32.3 Å². The summed E-state index contributed by atoms with van der Waals surface area (Å²) in [4.78, 5) is 0. The van der Waals surface area contributed by atoms with E-state index in [9.17, 15) is 4.39 Å². The van der Waals surface area contributed by atoms with Crippen LogP contribution in [0.4, 0.5) is 4.39 Å². The fourth-order valence-corrected chi connectivity index (χ4v) is 1.58. The monoisotopic (exact) mass is 275 g/mol. The van der Waals surface area contributed by atoms with Crippen LogP contribution in [0, 0.1) is 5.82 Å². The van der Waals surface area contributed by atoms with Crippen LogP contribution in [0.3, 0.4) is 0 Å². The van der Waals surface area contributed by atoms with E-state index in [2.05, 4.69) is 21.2 Å². The van der Waals surface area contributed by atoms with Gasteiger partial charge in [0.2, 0.25) is 0 Å². The molecular formula is C11H15BrFNO. The minimum atomic E-state index is -0.215. The molecule has 0 fully saturated rings. The number of nitrogens with one attached hydrogen (secondary N) is 1. The Labute approximate surface area is 97.6 Å². The van der Waals surface area contributed by atoms with Gasteiger partial charge in [0.25, 0.3) is 0 Å². The molecule has 15 heavy (non-hydrogen) atoms. The SMILES string of the molecule is C[C@@H](CCO)NCc1ccc(Br)cc1F. The molecule has 1 aromatic carbocycles. The molecule has 0 unspecified atom stereocenters. The van der Waals surface area contributed by atoms with Crippen LogP contribution in [0.15, 0.2) is 22.7 Å². The fourth-order valence-electron chi connectivity index (χ4n) is 1.24. The van der Waals surface area contributed by atoms with Crippen LogP contribution in [-0.2, 0) is 6.54 Å². The summed E-state index contributed by atoms with van der Waals surface area (Å²) in [5, 5.41) is 11.8. The summed E-state index contributed by atoms with van der Waals surface area (Å²) >= 11 is 3.21. The summed E-state index contributed by atoms with van der Waals surface area (Å²) < 4.78 is 14.1. The Kier molecular flexibility index (Phi) is 5.22. The largest absolute Gasteiger partial charge is 0.396 e. The second-order valence-electron chi connectivity index (χ2n) is 3.53. The number of aliphatic hydroxyl groups is 1. The summed E-state index contributed by atoms with van der Waals surface area (Å²) in [5.74, 6) is -0.215. The van der Waals surface area contributed by atoms with E-state index in [4.69, 9.17) is 5.11 Å². The highest BCUT2D eigenvalue weighted by molar-refractivity contribution is 9.10. The van der Waals surface area contributed by atoms with Crippen molar-refractivity contribution < 1.29 is 9.50 Å². The first kappa shape index (κ1) is 12.6. The van der Waals surface area contributed by atoms with Gasteiger partial charge in [-0.15, -0.1) is 0 Å². The zero-order chi connectivity index (χ0) is 11.3. The van der Waals surface area contributed by atoms with Gasteiger partial charge in [0, 0.05) is 29.2 Å². The van der Waals surface area contributed by atoms with Crippen molar-refractivity contribution in [3.05, 3.63) is 34.1 Å². The smallest absolute Gasteiger partial charge is 0.128 e. The first-order chi connectivity index (χ1) is 7.13. The maximum Gasteiger partial charge on any atom is 0.128 e. The zero-order valence-electron chi connectivity index (χ0n) is 8.63. The van der Waals surface area contributed by atoms with Gasteiger partial charge in [-0.2, -0.15) is 0 Å². The van der Waals surface area contributed by atoms with E-state index in [1.807, 2.05) is 13.0 Å². The van der Waals surface area contributed by atoms with Gasteiger partial charge in [-0.3, -0.25) is 0 Å².